The molecule has 0 amide bonds. The number of phenolic OH excluding ortho intramolecular Hbond substituents is 1. The van der Waals surface area contributed by atoms with Crippen LogP contribution < -0.4 is 4.74 Å². The summed E-state index contributed by atoms with van der Waals surface area (Å²) in [5, 5.41) is 20.5. The molecular formula is C34H52O3S2. The normalized spacial score (nSPS) is 13.8. The van der Waals surface area contributed by atoms with Crippen LogP contribution in [0.25, 0.3) is 0 Å². The summed E-state index contributed by atoms with van der Waals surface area (Å²) in [4.78, 5) is 2.34. The maximum absolute atomic E-state index is 11.2. The number of aliphatic hydroxyl groups is 1. The molecule has 0 aliphatic heterocycles. The summed E-state index contributed by atoms with van der Waals surface area (Å²) in [5.74, 6) is 1.29. The van der Waals surface area contributed by atoms with Crippen molar-refractivity contribution in [2.45, 2.75) is 132 Å². The van der Waals surface area contributed by atoms with Gasteiger partial charge in [-0.1, -0.05) is 89.2 Å². The Morgan fingerprint density at radius 3 is 1.59 bits per heavy atom. The van der Waals surface area contributed by atoms with E-state index in [4.69, 9.17) is 4.74 Å². The zero-order chi connectivity index (χ0) is 30.2. The Balaban J connectivity index is 2.66. The highest BCUT2D eigenvalue weighted by atomic mass is 32.2. The SMILES string of the molecule is CC(C)(Sc1cc(C(C)(C)C)c(O)c(C(C)(C)C)c1)Sc1ccc(C(C)(C)C)c(O/C=C/CO)c1C(C)(C)C. The van der Waals surface area contributed by atoms with Gasteiger partial charge >= 0.3 is 0 Å². The molecule has 0 bridgehead atoms. The van der Waals surface area contributed by atoms with E-state index in [0.717, 1.165) is 27.3 Å². The van der Waals surface area contributed by atoms with E-state index in [2.05, 4.69) is 121 Å². The summed E-state index contributed by atoms with van der Waals surface area (Å²) >= 11 is 3.68. The van der Waals surface area contributed by atoms with Crippen LogP contribution in [0.3, 0.4) is 0 Å². The molecule has 39 heavy (non-hydrogen) atoms. The van der Waals surface area contributed by atoms with Crippen LogP contribution in [0.15, 0.2) is 46.4 Å². The molecule has 0 unspecified atom stereocenters. The van der Waals surface area contributed by atoms with Gasteiger partial charge in [-0.25, -0.2) is 0 Å². The van der Waals surface area contributed by atoms with Crippen molar-refractivity contribution in [2.24, 2.45) is 0 Å². The number of aliphatic hydroxyl groups excluding tert-OH is 1. The van der Waals surface area contributed by atoms with Gasteiger partial charge in [-0.2, -0.15) is 0 Å². The van der Waals surface area contributed by atoms with Crippen LogP contribution in [0.2, 0.25) is 0 Å². The smallest absolute Gasteiger partial charge is 0.135 e. The van der Waals surface area contributed by atoms with Crippen LogP contribution in [-0.2, 0) is 21.7 Å². The van der Waals surface area contributed by atoms with Crippen molar-refractivity contribution in [1.29, 1.82) is 0 Å². The highest BCUT2D eigenvalue weighted by Crippen LogP contribution is 2.52. The number of rotatable bonds is 7. The third kappa shape index (κ3) is 8.71. The summed E-state index contributed by atoms with van der Waals surface area (Å²) in [5.41, 5.74) is 3.67. The summed E-state index contributed by atoms with van der Waals surface area (Å²) in [6, 6.07) is 8.77. The molecule has 3 nitrogen and oxygen atoms in total. The van der Waals surface area contributed by atoms with Crippen molar-refractivity contribution in [1.82, 2.24) is 0 Å². The Morgan fingerprint density at radius 1 is 0.692 bits per heavy atom. The molecule has 0 radical (unpaired) electrons. The number of thioether (sulfide) groups is 2. The van der Waals surface area contributed by atoms with Crippen molar-refractivity contribution >= 4 is 23.5 Å². The zero-order valence-electron chi connectivity index (χ0n) is 26.8. The topological polar surface area (TPSA) is 49.7 Å². The van der Waals surface area contributed by atoms with E-state index < -0.39 is 0 Å². The third-order valence-electron chi connectivity index (χ3n) is 6.48. The third-order valence-corrected chi connectivity index (χ3v) is 9.00. The van der Waals surface area contributed by atoms with Crippen LogP contribution >= 0.6 is 23.5 Å². The molecule has 0 heterocycles. The molecular weight excluding hydrogens is 521 g/mol. The lowest BCUT2D eigenvalue weighted by molar-refractivity contribution is 0.336. The predicted molar refractivity (Wildman–Crippen MR) is 172 cm³/mol. The Labute approximate surface area is 247 Å². The first-order valence-corrected chi connectivity index (χ1v) is 15.5. The van der Waals surface area contributed by atoms with Crippen LogP contribution in [0, 0.1) is 0 Å². The van der Waals surface area contributed by atoms with Crippen molar-refractivity contribution in [3.05, 3.63) is 58.9 Å². The molecule has 0 aliphatic rings. The van der Waals surface area contributed by atoms with Gasteiger partial charge < -0.3 is 14.9 Å². The molecule has 0 fully saturated rings. The molecule has 2 aromatic carbocycles. The van der Waals surface area contributed by atoms with Gasteiger partial charge in [0.1, 0.15) is 11.5 Å². The summed E-state index contributed by atoms with van der Waals surface area (Å²) in [7, 11) is 0. The van der Waals surface area contributed by atoms with E-state index in [0.29, 0.717) is 5.75 Å². The lowest BCUT2D eigenvalue weighted by Crippen LogP contribution is -2.21. The number of benzene rings is 2. The monoisotopic (exact) mass is 572 g/mol. The van der Waals surface area contributed by atoms with Gasteiger partial charge in [0.25, 0.3) is 0 Å². The lowest BCUT2D eigenvalue weighted by Gasteiger charge is -2.33. The number of aromatic hydroxyl groups is 1. The van der Waals surface area contributed by atoms with E-state index >= 15 is 0 Å². The molecule has 2 rings (SSSR count). The molecule has 5 heteroatoms. The van der Waals surface area contributed by atoms with Crippen LogP contribution in [-0.4, -0.2) is 20.9 Å². The highest BCUT2D eigenvalue weighted by molar-refractivity contribution is 8.18. The minimum Gasteiger partial charge on any atom is -0.507 e. The molecule has 0 saturated heterocycles. The summed E-state index contributed by atoms with van der Waals surface area (Å²) in [6.07, 6.45) is 3.23. The van der Waals surface area contributed by atoms with Crippen molar-refractivity contribution in [2.75, 3.05) is 6.61 Å². The van der Waals surface area contributed by atoms with Crippen molar-refractivity contribution in [3.8, 4) is 11.5 Å². The second kappa shape index (κ2) is 11.7. The fourth-order valence-electron chi connectivity index (χ4n) is 4.61. The Bertz CT molecular complexity index is 1150. The van der Waals surface area contributed by atoms with Gasteiger partial charge in [-0.3, -0.25) is 0 Å². The van der Waals surface area contributed by atoms with Crippen molar-refractivity contribution in [3.63, 3.8) is 0 Å². The standard InChI is InChI=1S/C34H52O3S2/c1-30(2,3)23-16-17-26(27(33(10,11)12)29(23)37-19-15-18-35)39-34(13,14)38-22-20-24(31(4,5)6)28(36)25(21-22)32(7,8)9/h15-17,19-21,35-36H,18H2,1-14H3/b19-15+. The van der Waals surface area contributed by atoms with Gasteiger partial charge in [0.2, 0.25) is 0 Å². The molecule has 2 N–H and O–H groups in total. The van der Waals surface area contributed by atoms with Gasteiger partial charge in [0.15, 0.2) is 0 Å². The quantitative estimate of drug-likeness (QED) is 0.196. The van der Waals surface area contributed by atoms with Crippen LogP contribution in [0.1, 0.15) is 119 Å². The average Bonchev–Trinajstić information content (AvgIpc) is 2.71. The van der Waals surface area contributed by atoms with E-state index in [1.165, 1.54) is 10.5 Å². The largest absolute Gasteiger partial charge is 0.507 e. The average molecular weight is 573 g/mol. The first kappa shape index (κ1) is 33.6. The van der Waals surface area contributed by atoms with E-state index in [1.54, 1.807) is 12.3 Å². The Kier molecular flexibility index (Phi) is 10.1. The lowest BCUT2D eigenvalue weighted by atomic mass is 9.79. The highest BCUT2D eigenvalue weighted by Gasteiger charge is 2.33. The van der Waals surface area contributed by atoms with Gasteiger partial charge in [0.05, 0.1) is 16.9 Å². The number of ether oxygens (including phenoxy) is 1. The van der Waals surface area contributed by atoms with Gasteiger partial charge in [-0.05, 0) is 59.8 Å². The Morgan fingerprint density at radius 2 is 1.18 bits per heavy atom. The van der Waals surface area contributed by atoms with Crippen LogP contribution in [0.5, 0.6) is 11.5 Å². The van der Waals surface area contributed by atoms with Gasteiger partial charge in [0, 0.05) is 32.0 Å². The molecule has 0 atom stereocenters. The fourth-order valence-corrected chi connectivity index (χ4v) is 7.42. The van der Waals surface area contributed by atoms with Crippen LogP contribution in [0.4, 0.5) is 0 Å². The first-order valence-electron chi connectivity index (χ1n) is 13.9. The number of hydrogen-bond donors (Lipinski definition) is 2. The zero-order valence-corrected chi connectivity index (χ0v) is 28.4. The van der Waals surface area contributed by atoms with E-state index in [-0.39, 0.29) is 32.3 Å². The van der Waals surface area contributed by atoms with E-state index in [1.807, 2.05) is 23.5 Å². The molecule has 218 valence electrons. The minimum absolute atomic E-state index is 0.0620. The Hall–Kier alpha value is -1.56. The minimum atomic E-state index is -0.206. The molecule has 2 aromatic rings. The molecule has 0 saturated carbocycles. The maximum Gasteiger partial charge on any atom is 0.135 e. The fraction of sp³-hybridized carbons (Fsp3) is 0.588. The second-order valence-electron chi connectivity index (χ2n) is 15.0. The second-order valence-corrected chi connectivity index (χ2v) is 18.6. The maximum atomic E-state index is 11.2. The van der Waals surface area contributed by atoms with E-state index in [9.17, 15) is 10.2 Å². The van der Waals surface area contributed by atoms with Gasteiger partial charge in [-0.15, -0.1) is 23.5 Å². The predicted octanol–water partition coefficient (Wildman–Crippen LogP) is 10.1. The number of hydrogen-bond acceptors (Lipinski definition) is 5. The number of phenols is 1. The molecule has 0 aliphatic carbocycles. The summed E-state index contributed by atoms with van der Waals surface area (Å²) < 4.78 is 6.06. The van der Waals surface area contributed by atoms with Crippen molar-refractivity contribution < 1.29 is 14.9 Å². The first-order chi connectivity index (χ1) is 17.5. The molecule has 0 spiro atoms. The molecule has 0 aromatic heterocycles. The summed E-state index contributed by atoms with van der Waals surface area (Å²) in [6.45, 7) is 30.7.